The van der Waals surface area contributed by atoms with Crippen LogP contribution in [0.15, 0.2) is 146 Å². The van der Waals surface area contributed by atoms with Crippen molar-refractivity contribution in [3.05, 3.63) is 185 Å². The van der Waals surface area contributed by atoms with E-state index in [0.29, 0.717) is 23.0 Å². The second-order valence-corrected chi connectivity index (χ2v) is 13.1. The van der Waals surface area contributed by atoms with E-state index < -0.39 is 5.41 Å². The van der Waals surface area contributed by atoms with Crippen molar-refractivity contribution in [2.24, 2.45) is 0 Å². The van der Waals surface area contributed by atoms with Crippen LogP contribution in [-0.4, -0.2) is 15.0 Å². The van der Waals surface area contributed by atoms with Gasteiger partial charge in [0.1, 0.15) is 0 Å². The molecule has 226 valence electrons. The van der Waals surface area contributed by atoms with Crippen molar-refractivity contribution in [3.63, 3.8) is 0 Å². The van der Waals surface area contributed by atoms with Gasteiger partial charge in [0, 0.05) is 22.1 Å². The fourth-order valence-electron chi connectivity index (χ4n) is 8.16. The lowest BCUT2D eigenvalue weighted by molar-refractivity contribution is 0.563. The van der Waals surface area contributed by atoms with Gasteiger partial charge in [-0.3, -0.25) is 0 Å². The van der Waals surface area contributed by atoms with Crippen LogP contribution < -0.4 is 0 Å². The molecule has 7 aromatic rings. The van der Waals surface area contributed by atoms with Gasteiger partial charge in [0.15, 0.2) is 17.5 Å². The van der Waals surface area contributed by atoms with Crippen LogP contribution in [0.2, 0.25) is 0 Å². The molecule has 9 rings (SSSR count). The molecule has 0 atom stereocenters. The highest BCUT2D eigenvalue weighted by Gasteiger charge is 2.53. The van der Waals surface area contributed by atoms with Crippen molar-refractivity contribution in [1.82, 2.24) is 15.0 Å². The minimum absolute atomic E-state index is 0.167. The first-order valence-corrected chi connectivity index (χ1v) is 16.3. The molecular weight excluding hydrogens is 585 g/mol. The zero-order chi connectivity index (χ0) is 32.5. The largest absolute Gasteiger partial charge is 0.208 e. The van der Waals surface area contributed by atoms with Crippen molar-refractivity contribution >= 4 is 0 Å². The lowest BCUT2D eigenvalue weighted by Crippen LogP contribution is -2.40. The number of hydrogen-bond donors (Lipinski definition) is 0. The minimum Gasteiger partial charge on any atom is -0.208 e. The van der Waals surface area contributed by atoms with Crippen LogP contribution in [0.4, 0.5) is 0 Å². The fourth-order valence-corrected chi connectivity index (χ4v) is 8.16. The maximum absolute atomic E-state index is 9.66. The van der Waals surface area contributed by atoms with Crippen molar-refractivity contribution in [1.29, 1.82) is 5.26 Å². The van der Waals surface area contributed by atoms with Gasteiger partial charge in [-0.05, 0) is 56.6 Å². The average molecular weight is 615 g/mol. The second-order valence-electron chi connectivity index (χ2n) is 13.1. The summed E-state index contributed by atoms with van der Waals surface area (Å²) in [7, 11) is 0. The molecule has 0 radical (unpaired) electrons. The maximum Gasteiger partial charge on any atom is 0.164 e. The molecular formula is C44H30N4. The summed E-state index contributed by atoms with van der Waals surface area (Å²) in [5.74, 6) is 1.72. The molecule has 1 spiro atoms. The predicted molar refractivity (Wildman–Crippen MR) is 190 cm³/mol. The summed E-state index contributed by atoms with van der Waals surface area (Å²) in [5, 5.41) is 9.66. The Kier molecular flexibility index (Phi) is 6.09. The Morgan fingerprint density at radius 1 is 0.458 bits per heavy atom. The van der Waals surface area contributed by atoms with E-state index in [4.69, 9.17) is 15.0 Å². The normalized spacial score (nSPS) is 14.4. The maximum atomic E-state index is 9.66. The minimum atomic E-state index is -0.510. The van der Waals surface area contributed by atoms with Crippen LogP contribution in [-0.2, 0) is 10.8 Å². The summed E-state index contributed by atoms with van der Waals surface area (Å²) in [4.78, 5) is 15.2. The Labute approximate surface area is 280 Å². The third-order valence-corrected chi connectivity index (χ3v) is 10.2. The molecule has 6 aromatic carbocycles. The Morgan fingerprint density at radius 3 is 1.65 bits per heavy atom. The molecule has 0 amide bonds. The molecule has 4 nitrogen and oxygen atoms in total. The molecule has 0 fully saturated rings. The SMILES string of the molecule is CC1(C)c2ccccc2C2(c3ccccc3-c3c(-c4nc(-c5ccccc5)nc(-c5cccc(C#N)c5)n4)cccc32)c2ccccc21. The Hall–Kier alpha value is -6.18. The summed E-state index contributed by atoms with van der Waals surface area (Å²) >= 11 is 0. The molecule has 0 unspecified atom stereocenters. The van der Waals surface area contributed by atoms with Crippen molar-refractivity contribution in [3.8, 4) is 51.4 Å². The van der Waals surface area contributed by atoms with E-state index in [1.165, 1.54) is 38.9 Å². The van der Waals surface area contributed by atoms with Gasteiger partial charge in [0.25, 0.3) is 0 Å². The van der Waals surface area contributed by atoms with E-state index in [1.807, 2.05) is 48.5 Å². The first kappa shape index (κ1) is 28.1. The summed E-state index contributed by atoms with van der Waals surface area (Å²) < 4.78 is 0. The van der Waals surface area contributed by atoms with Gasteiger partial charge in [0.2, 0.25) is 0 Å². The lowest BCUT2D eigenvalue weighted by atomic mass is 9.55. The van der Waals surface area contributed by atoms with E-state index >= 15 is 0 Å². The van der Waals surface area contributed by atoms with Crippen LogP contribution in [0.25, 0.3) is 45.3 Å². The highest BCUT2D eigenvalue weighted by atomic mass is 15.0. The van der Waals surface area contributed by atoms with Crippen LogP contribution in [0.1, 0.15) is 52.8 Å². The molecule has 0 saturated heterocycles. The van der Waals surface area contributed by atoms with E-state index in [1.54, 1.807) is 6.07 Å². The smallest absolute Gasteiger partial charge is 0.164 e. The third-order valence-electron chi connectivity index (χ3n) is 10.2. The van der Waals surface area contributed by atoms with Crippen molar-refractivity contribution in [2.75, 3.05) is 0 Å². The average Bonchev–Trinajstić information content (AvgIpc) is 3.45. The van der Waals surface area contributed by atoms with Crippen molar-refractivity contribution in [2.45, 2.75) is 24.7 Å². The van der Waals surface area contributed by atoms with E-state index in [-0.39, 0.29) is 5.41 Å². The monoisotopic (exact) mass is 614 g/mol. The number of rotatable bonds is 3. The van der Waals surface area contributed by atoms with E-state index in [2.05, 4.69) is 111 Å². The van der Waals surface area contributed by atoms with Crippen LogP contribution in [0.3, 0.4) is 0 Å². The van der Waals surface area contributed by atoms with E-state index in [0.717, 1.165) is 22.3 Å². The number of hydrogen-bond acceptors (Lipinski definition) is 4. The summed E-state index contributed by atoms with van der Waals surface area (Å²) in [6.45, 7) is 4.68. The quantitative estimate of drug-likeness (QED) is 0.199. The van der Waals surface area contributed by atoms with Crippen LogP contribution in [0, 0.1) is 11.3 Å². The van der Waals surface area contributed by atoms with Gasteiger partial charge >= 0.3 is 0 Å². The number of fused-ring (bicyclic) bond motifs is 9. The number of benzene rings is 6. The standard InChI is InChI=1S/C44H30N4/c1-43(2)34-21-8-10-23-36(34)44(37-24-11-9-22-35(37)43)33-20-7-6-18-31(33)39-32(19-13-25-38(39)44)42-47-40(29-15-4-3-5-16-29)46-41(48-42)30-17-12-14-28(26-30)27-45/h3-26H,1-2H3. The molecule has 1 aromatic heterocycles. The number of nitriles is 1. The lowest BCUT2D eigenvalue weighted by Gasteiger charge is -2.46. The topological polar surface area (TPSA) is 62.5 Å². The predicted octanol–water partition coefficient (Wildman–Crippen LogP) is 9.75. The molecule has 48 heavy (non-hydrogen) atoms. The van der Waals surface area contributed by atoms with Gasteiger partial charge in [-0.15, -0.1) is 0 Å². The molecule has 2 aliphatic rings. The van der Waals surface area contributed by atoms with Gasteiger partial charge < -0.3 is 0 Å². The van der Waals surface area contributed by atoms with E-state index in [9.17, 15) is 5.26 Å². The van der Waals surface area contributed by atoms with Crippen molar-refractivity contribution < 1.29 is 0 Å². The van der Waals surface area contributed by atoms with Gasteiger partial charge in [-0.2, -0.15) is 5.26 Å². The van der Waals surface area contributed by atoms with Gasteiger partial charge in [0.05, 0.1) is 17.0 Å². The molecule has 0 saturated carbocycles. The highest BCUT2D eigenvalue weighted by Crippen LogP contribution is 2.63. The Balaban J connectivity index is 1.38. The first-order chi connectivity index (χ1) is 23.5. The molecule has 0 bridgehead atoms. The molecule has 2 aliphatic carbocycles. The third kappa shape index (κ3) is 3.85. The van der Waals surface area contributed by atoms with Crippen LogP contribution >= 0.6 is 0 Å². The van der Waals surface area contributed by atoms with Gasteiger partial charge in [-0.25, -0.2) is 15.0 Å². The summed E-state index contributed by atoms with van der Waals surface area (Å²) in [6.07, 6.45) is 0. The first-order valence-electron chi connectivity index (χ1n) is 16.3. The summed E-state index contributed by atoms with van der Waals surface area (Å²) in [6, 6.07) is 53.1. The summed E-state index contributed by atoms with van der Waals surface area (Å²) in [5.41, 5.74) is 12.6. The zero-order valence-corrected chi connectivity index (χ0v) is 26.6. The molecule has 0 aliphatic heterocycles. The fraction of sp³-hybridized carbons (Fsp3) is 0.0909. The second kappa shape index (κ2) is 10.4. The molecule has 0 N–H and O–H groups in total. The molecule has 1 heterocycles. The highest BCUT2D eigenvalue weighted by molar-refractivity contribution is 5.95. The Morgan fingerprint density at radius 2 is 0.958 bits per heavy atom. The zero-order valence-electron chi connectivity index (χ0n) is 26.6. The number of aromatic nitrogens is 3. The van der Waals surface area contributed by atoms with Crippen LogP contribution in [0.5, 0.6) is 0 Å². The van der Waals surface area contributed by atoms with Gasteiger partial charge in [-0.1, -0.05) is 147 Å². The number of nitrogens with zero attached hydrogens (tertiary/aromatic N) is 4. The Bertz CT molecular complexity index is 2400. The molecule has 4 heteroatoms.